The molecule has 0 radical (unpaired) electrons. The molecule has 102 valence electrons. The number of nitrogens with two attached hydrogens (primary N) is 1. The summed E-state index contributed by atoms with van der Waals surface area (Å²) in [5.41, 5.74) is 8.63. The van der Waals surface area contributed by atoms with Gasteiger partial charge in [0.1, 0.15) is 0 Å². The van der Waals surface area contributed by atoms with E-state index in [2.05, 4.69) is 49.6 Å². The summed E-state index contributed by atoms with van der Waals surface area (Å²) in [6, 6.07) is 12.6. The van der Waals surface area contributed by atoms with Crippen molar-refractivity contribution in [2.45, 2.75) is 39.0 Å². The van der Waals surface area contributed by atoms with E-state index in [9.17, 15) is 0 Å². The Morgan fingerprint density at radius 3 is 2.74 bits per heavy atom. The zero-order valence-corrected chi connectivity index (χ0v) is 12.3. The molecule has 0 saturated heterocycles. The van der Waals surface area contributed by atoms with Gasteiger partial charge in [0.2, 0.25) is 0 Å². The molecule has 0 aliphatic rings. The summed E-state index contributed by atoms with van der Waals surface area (Å²) in [5, 5.41) is 2.07. The van der Waals surface area contributed by atoms with Gasteiger partial charge in [0.15, 0.2) is 0 Å². The van der Waals surface area contributed by atoms with Gasteiger partial charge in [0.25, 0.3) is 0 Å². The summed E-state index contributed by atoms with van der Waals surface area (Å²) in [4.78, 5) is 1.24. The van der Waals surface area contributed by atoms with Gasteiger partial charge in [0, 0.05) is 10.9 Å². The lowest BCUT2D eigenvalue weighted by atomic mass is 9.99. The van der Waals surface area contributed by atoms with E-state index < -0.39 is 0 Å². The number of thiophene rings is 1. The van der Waals surface area contributed by atoms with Crippen LogP contribution in [0.5, 0.6) is 0 Å². The minimum Gasteiger partial charge on any atom is -0.366 e. The molecule has 0 spiro atoms. The van der Waals surface area contributed by atoms with Crippen molar-refractivity contribution in [3.63, 3.8) is 0 Å². The Bertz CT molecular complexity index is 495. The van der Waals surface area contributed by atoms with Crippen LogP contribution in [0.15, 0.2) is 41.8 Å². The molecule has 2 nitrogen and oxygen atoms in total. The number of rotatable bonds is 6. The van der Waals surface area contributed by atoms with E-state index in [1.165, 1.54) is 16.0 Å². The van der Waals surface area contributed by atoms with E-state index in [0.717, 1.165) is 6.42 Å². The highest BCUT2D eigenvalue weighted by atomic mass is 32.1. The first-order valence-electron chi connectivity index (χ1n) is 6.67. The Morgan fingerprint density at radius 2 is 2.11 bits per heavy atom. The number of aryl methyl sites for hydroxylation is 1. The maximum atomic E-state index is 6.22. The quantitative estimate of drug-likeness (QED) is 0.863. The fourth-order valence-electron chi connectivity index (χ4n) is 2.09. The lowest BCUT2D eigenvalue weighted by Gasteiger charge is -2.24. The van der Waals surface area contributed by atoms with Crippen LogP contribution in [0.1, 0.15) is 35.5 Å². The molecule has 3 heteroatoms. The third-order valence-corrected chi connectivity index (χ3v) is 4.07. The molecule has 2 aromatic rings. The smallest absolute Gasteiger partial charge is 0.0980 e. The van der Waals surface area contributed by atoms with Crippen LogP contribution in [0, 0.1) is 6.92 Å². The highest BCUT2D eigenvalue weighted by Crippen LogP contribution is 2.25. The molecule has 0 amide bonds. The molecular formula is C16H21NOS. The third-order valence-electron chi connectivity index (χ3n) is 3.22. The van der Waals surface area contributed by atoms with Crippen LogP contribution in [0.2, 0.25) is 0 Å². The summed E-state index contributed by atoms with van der Waals surface area (Å²) in [6.45, 7) is 4.82. The Morgan fingerprint density at radius 1 is 1.26 bits per heavy atom. The van der Waals surface area contributed by atoms with E-state index in [1.54, 1.807) is 11.3 Å². The van der Waals surface area contributed by atoms with Crippen molar-refractivity contribution in [2.24, 2.45) is 5.73 Å². The van der Waals surface area contributed by atoms with Crippen LogP contribution in [0.4, 0.5) is 0 Å². The molecule has 2 unspecified atom stereocenters. The Kier molecular flexibility index (Phi) is 5.14. The van der Waals surface area contributed by atoms with E-state index in [1.807, 2.05) is 6.07 Å². The third kappa shape index (κ3) is 3.90. The summed E-state index contributed by atoms with van der Waals surface area (Å²) in [6.07, 6.45) is 0.871. The SMILES string of the molecule is CCC(N)C(OCc1cccs1)c1cccc(C)c1. The minimum absolute atomic E-state index is 0.0294. The first kappa shape index (κ1) is 14.3. The first-order valence-corrected chi connectivity index (χ1v) is 7.54. The van der Waals surface area contributed by atoms with Crippen LogP contribution in [0.3, 0.4) is 0 Å². The second kappa shape index (κ2) is 6.85. The van der Waals surface area contributed by atoms with E-state index in [-0.39, 0.29) is 12.1 Å². The molecule has 1 aromatic carbocycles. The molecule has 2 N–H and O–H groups in total. The molecule has 0 aliphatic heterocycles. The zero-order chi connectivity index (χ0) is 13.7. The van der Waals surface area contributed by atoms with Crippen molar-refractivity contribution in [2.75, 3.05) is 0 Å². The summed E-state index contributed by atoms with van der Waals surface area (Å²) in [5.74, 6) is 0. The van der Waals surface area contributed by atoms with Crippen molar-refractivity contribution in [3.05, 3.63) is 57.8 Å². The van der Waals surface area contributed by atoms with E-state index in [0.29, 0.717) is 6.61 Å². The first-order chi connectivity index (χ1) is 9.20. The van der Waals surface area contributed by atoms with Crippen molar-refractivity contribution < 1.29 is 4.74 Å². The number of benzene rings is 1. The molecule has 0 saturated carbocycles. The Balaban J connectivity index is 2.11. The van der Waals surface area contributed by atoms with Crippen molar-refractivity contribution in [1.29, 1.82) is 0 Å². The highest BCUT2D eigenvalue weighted by molar-refractivity contribution is 7.09. The van der Waals surface area contributed by atoms with Crippen LogP contribution in [-0.4, -0.2) is 6.04 Å². The molecule has 2 atom stereocenters. The van der Waals surface area contributed by atoms with Gasteiger partial charge in [-0.25, -0.2) is 0 Å². The number of hydrogen-bond acceptors (Lipinski definition) is 3. The van der Waals surface area contributed by atoms with E-state index >= 15 is 0 Å². The van der Waals surface area contributed by atoms with Gasteiger partial charge >= 0.3 is 0 Å². The largest absolute Gasteiger partial charge is 0.366 e. The molecule has 2 rings (SSSR count). The summed E-state index contributed by atoms with van der Waals surface area (Å²) >= 11 is 1.72. The monoisotopic (exact) mass is 275 g/mol. The van der Waals surface area contributed by atoms with Gasteiger partial charge in [-0.15, -0.1) is 11.3 Å². The predicted molar refractivity (Wildman–Crippen MR) is 81.3 cm³/mol. The summed E-state index contributed by atoms with van der Waals surface area (Å²) in [7, 11) is 0. The normalized spacial score (nSPS) is 14.3. The topological polar surface area (TPSA) is 35.2 Å². The lowest BCUT2D eigenvalue weighted by Crippen LogP contribution is -2.29. The standard InChI is InChI=1S/C16H21NOS/c1-3-15(17)16(13-7-4-6-12(2)10-13)18-11-14-8-5-9-19-14/h4-10,15-16H,3,11,17H2,1-2H3. The van der Waals surface area contributed by atoms with Crippen LogP contribution in [-0.2, 0) is 11.3 Å². The molecule has 0 fully saturated rings. The minimum atomic E-state index is -0.0352. The summed E-state index contributed by atoms with van der Waals surface area (Å²) < 4.78 is 6.07. The Labute approximate surface area is 119 Å². The van der Waals surface area contributed by atoms with Crippen molar-refractivity contribution in [3.8, 4) is 0 Å². The van der Waals surface area contributed by atoms with Crippen molar-refractivity contribution in [1.82, 2.24) is 0 Å². The predicted octanol–water partition coefficient (Wildman–Crippen LogP) is 4.05. The second-order valence-electron chi connectivity index (χ2n) is 4.80. The average Bonchev–Trinajstić information content (AvgIpc) is 2.92. The molecule has 1 heterocycles. The van der Waals surface area contributed by atoms with Gasteiger partial charge in [-0.3, -0.25) is 0 Å². The Hall–Kier alpha value is -1.16. The van der Waals surface area contributed by atoms with E-state index in [4.69, 9.17) is 10.5 Å². The van der Waals surface area contributed by atoms with Gasteiger partial charge in [-0.1, -0.05) is 42.8 Å². The lowest BCUT2D eigenvalue weighted by molar-refractivity contribution is 0.0227. The molecular weight excluding hydrogens is 254 g/mol. The second-order valence-corrected chi connectivity index (χ2v) is 5.83. The molecule has 0 aliphatic carbocycles. The maximum Gasteiger partial charge on any atom is 0.0980 e. The van der Waals surface area contributed by atoms with Crippen molar-refractivity contribution >= 4 is 11.3 Å². The fourth-order valence-corrected chi connectivity index (χ4v) is 2.72. The van der Waals surface area contributed by atoms with Crippen LogP contribution < -0.4 is 5.73 Å². The van der Waals surface area contributed by atoms with Gasteiger partial charge in [-0.05, 0) is 30.4 Å². The van der Waals surface area contributed by atoms with Crippen LogP contribution >= 0.6 is 11.3 Å². The highest BCUT2D eigenvalue weighted by Gasteiger charge is 2.19. The van der Waals surface area contributed by atoms with Gasteiger partial charge in [-0.2, -0.15) is 0 Å². The number of ether oxygens (including phenoxy) is 1. The van der Waals surface area contributed by atoms with Gasteiger partial charge < -0.3 is 10.5 Å². The molecule has 0 bridgehead atoms. The maximum absolute atomic E-state index is 6.22. The fraction of sp³-hybridized carbons (Fsp3) is 0.375. The number of hydrogen-bond donors (Lipinski definition) is 1. The average molecular weight is 275 g/mol. The van der Waals surface area contributed by atoms with Crippen LogP contribution in [0.25, 0.3) is 0 Å². The molecule has 19 heavy (non-hydrogen) atoms. The van der Waals surface area contributed by atoms with Gasteiger partial charge in [0.05, 0.1) is 12.7 Å². The molecule has 1 aromatic heterocycles. The zero-order valence-electron chi connectivity index (χ0n) is 11.5.